The Hall–Kier alpha value is -2.67. The summed E-state index contributed by atoms with van der Waals surface area (Å²) >= 11 is 0. The van der Waals surface area contributed by atoms with Crippen LogP contribution in [0.5, 0.6) is 0 Å². The molecule has 134 valence electrons. The molecule has 0 N–H and O–H groups in total. The predicted octanol–water partition coefficient (Wildman–Crippen LogP) is 1.94. The first-order valence-electron chi connectivity index (χ1n) is 7.87. The van der Waals surface area contributed by atoms with Gasteiger partial charge in [-0.25, -0.2) is 5.06 Å². The molecule has 0 saturated heterocycles. The molecule has 0 bridgehead atoms. The molecule has 3 atom stereocenters. The first-order chi connectivity index (χ1) is 11.9. The zero-order valence-electron chi connectivity index (χ0n) is 14.4. The van der Waals surface area contributed by atoms with Crippen LogP contribution < -0.4 is 0 Å². The Morgan fingerprint density at radius 2 is 1.80 bits per heavy atom. The Bertz CT molecular complexity index is 657. The van der Waals surface area contributed by atoms with Gasteiger partial charge >= 0.3 is 11.9 Å². The number of nitrogens with zero attached hydrogens (tertiary/aromatic N) is 1. The van der Waals surface area contributed by atoms with Crippen molar-refractivity contribution in [3.63, 3.8) is 0 Å². The summed E-state index contributed by atoms with van der Waals surface area (Å²) in [5.41, 5.74) is 0.528. The summed E-state index contributed by atoms with van der Waals surface area (Å²) in [6.07, 6.45) is 2.21. The first kappa shape index (κ1) is 18.7. The van der Waals surface area contributed by atoms with Gasteiger partial charge in [-0.2, -0.15) is 0 Å². The minimum Gasteiger partial charge on any atom is -0.456 e. The summed E-state index contributed by atoms with van der Waals surface area (Å²) in [5.74, 6) is -1.58. The van der Waals surface area contributed by atoms with Crippen molar-refractivity contribution in [2.24, 2.45) is 0 Å². The third-order valence-corrected chi connectivity index (χ3v) is 3.71. The van der Waals surface area contributed by atoms with Gasteiger partial charge in [0.1, 0.15) is 12.1 Å². The first-order valence-corrected chi connectivity index (χ1v) is 7.87. The van der Waals surface area contributed by atoms with E-state index in [1.165, 1.54) is 21.0 Å². The summed E-state index contributed by atoms with van der Waals surface area (Å²) in [4.78, 5) is 41.0. The minimum atomic E-state index is -1.14. The molecule has 7 nitrogen and oxygen atoms in total. The lowest BCUT2D eigenvalue weighted by atomic mass is 10.1. The highest BCUT2D eigenvalue weighted by Crippen LogP contribution is 2.27. The average molecular weight is 347 g/mol. The summed E-state index contributed by atoms with van der Waals surface area (Å²) in [7, 11) is 1.34. The number of esters is 2. The van der Waals surface area contributed by atoms with E-state index in [9.17, 15) is 14.4 Å². The number of hydrogen-bond acceptors (Lipinski definition) is 6. The van der Waals surface area contributed by atoms with Crippen LogP contribution in [-0.4, -0.2) is 42.2 Å². The lowest BCUT2D eigenvalue weighted by Gasteiger charge is -2.32. The molecule has 1 aliphatic carbocycles. The Morgan fingerprint density at radius 1 is 1.12 bits per heavy atom. The highest BCUT2D eigenvalue weighted by Gasteiger charge is 2.39. The topological polar surface area (TPSA) is 82.1 Å². The number of carbonyl (C=O) groups is 3. The van der Waals surface area contributed by atoms with Gasteiger partial charge in [0, 0.05) is 19.4 Å². The van der Waals surface area contributed by atoms with Crippen LogP contribution in [0.25, 0.3) is 0 Å². The molecule has 25 heavy (non-hydrogen) atoms. The van der Waals surface area contributed by atoms with Crippen LogP contribution in [0.1, 0.15) is 31.9 Å². The predicted molar refractivity (Wildman–Crippen MR) is 87.9 cm³/mol. The maximum Gasteiger partial charge on any atom is 0.303 e. The van der Waals surface area contributed by atoms with Crippen molar-refractivity contribution in [3.8, 4) is 0 Å². The number of rotatable bonds is 6. The van der Waals surface area contributed by atoms with E-state index in [2.05, 4.69) is 0 Å². The number of hydrogen-bond donors (Lipinski definition) is 0. The number of carbonyl (C=O) groups excluding carboxylic acids is 3. The van der Waals surface area contributed by atoms with E-state index in [4.69, 9.17) is 14.3 Å². The number of ether oxygens (including phenoxy) is 2. The van der Waals surface area contributed by atoms with Crippen molar-refractivity contribution in [2.45, 2.75) is 38.5 Å². The standard InChI is InChI=1S/C18H21NO6/c1-12(20)24-16-11-7-10-15(16)19(23-3)18(22)17(25-13(2)21)14-8-5-4-6-9-14/h4-9,11,15-17H,10H2,1-3H3/t15-,16+,17-/m1/s1. The number of hydroxylamine groups is 2. The fourth-order valence-corrected chi connectivity index (χ4v) is 2.71. The van der Waals surface area contributed by atoms with E-state index >= 15 is 0 Å². The van der Waals surface area contributed by atoms with Crippen molar-refractivity contribution in [1.29, 1.82) is 0 Å². The summed E-state index contributed by atoms with van der Waals surface area (Å²) in [6, 6.07) is 8.14. The Labute approximate surface area is 146 Å². The monoisotopic (exact) mass is 347 g/mol. The fourth-order valence-electron chi connectivity index (χ4n) is 2.71. The van der Waals surface area contributed by atoms with Crippen LogP contribution in [0.2, 0.25) is 0 Å². The summed E-state index contributed by atoms with van der Waals surface area (Å²) in [6.45, 7) is 2.53. The van der Waals surface area contributed by atoms with Crippen LogP contribution in [0.4, 0.5) is 0 Å². The molecular formula is C18H21NO6. The van der Waals surface area contributed by atoms with E-state index in [-0.39, 0.29) is 0 Å². The molecule has 1 amide bonds. The average Bonchev–Trinajstić information content (AvgIpc) is 3.01. The minimum absolute atomic E-state index is 0.454. The van der Waals surface area contributed by atoms with Gasteiger partial charge in [0.2, 0.25) is 6.10 Å². The summed E-state index contributed by atoms with van der Waals surface area (Å²) in [5, 5.41) is 1.11. The van der Waals surface area contributed by atoms with Gasteiger partial charge in [-0.1, -0.05) is 36.4 Å². The third-order valence-electron chi connectivity index (χ3n) is 3.71. The Balaban J connectivity index is 2.26. The van der Waals surface area contributed by atoms with Crippen LogP contribution in [-0.2, 0) is 28.7 Å². The zero-order valence-corrected chi connectivity index (χ0v) is 14.4. The normalized spacial score (nSPS) is 20.0. The molecule has 0 unspecified atom stereocenters. The maximum absolute atomic E-state index is 13.0. The van der Waals surface area contributed by atoms with Gasteiger partial charge < -0.3 is 9.47 Å². The Kier molecular flexibility index (Phi) is 6.30. The molecule has 0 fully saturated rings. The molecule has 0 aliphatic heterocycles. The second-order valence-electron chi connectivity index (χ2n) is 5.55. The molecule has 1 aromatic carbocycles. The van der Waals surface area contributed by atoms with Gasteiger partial charge in [0.25, 0.3) is 5.91 Å². The molecule has 0 spiro atoms. The van der Waals surface area contributed by atoms with Gasteiger partial charge in [-0.05, 0) is 12.5 Å². The van der Waals surface area contributed by atoms with Crippen molar-refractivity contribution < 1.29 is 28.7 Å². The van der Waals surface area contributed by atoms with E-state index in [0.29, 0.717) is 12.0 Å². The molecular weight excluding hydrogens is 326 g/mol. The molecule has 1 aromatic rings. The zero-order chi connectivity index (χ0) is 18.4. The molecule has 2 rings (SSSR count). The van der Waals surface area contributed by atoms with E-state index in [1.54, 1.807) is 42.5 Å². The summed E-state index contributed by atoms with van der Waals surface area (Å²) < 4.78 is 10.4. The SMILES string of the molecule is CON(C(=O)[C@H](OC(C)=O)c1ccccc1)[C@@H]1CC=C[C@@H]1OC(C)=O. The molecule has 1 aliphatic rings. The maximum atomic E-state index is 13.0. The molecule has 0 heterocycles. The lowest BCUT2D eigenvalue weighted by molar-refractivity contribution is -0.209. The van der Waals surface area contributed by atoms with Crippen LogP contribution in [0, 0.1) is 0 Å². The van der Waals surface area contributed by atoms with E-state index in [1.807, 2.05) is 0 Å². The van der Waals surface area contributed by atoms with Crippen molar-refractivity contribution >= 4 is 17.8 Å². The number of benzene rings is 1. The second kappa shape index (κ2) is 8.43. The highest BCUT2D eigenvalue weighted by molar-refractivity contribution is 5.84. The smallest absolute Gasteiger partial charge is 0.303 e. The Morgan fingerprint density at radius 3 is 2.36 bits per heavy atom. The lowest BCUT2D eigenvalue weighted by Crippen LogP contribution is -2.47. The van der Waals surface area contributed by atoms with Crippen molar-refractivity contribution in [2.75, 3.05) is 7.11 Å². The second-order valence-corrected chi connectivity index (χ2v) is 5.55. The van der Waals surface area contributed by atoms with Gasteiger partial charge in [0.05, 0.1) is 7.11 Å². The van der Waals surface area contributed by atoms with Gasteiger partial charge in [-0.15, -0.1) is 0 Å². The largest absolute Gasteiger partial charge is 0.456 e. The highest BCUT2D eigenvalue weighted by atomic mass is 16.7. The van der Waals surface area contributed by atoms with Gasteiger partial charge in [-0.3, -0.25) is 19.2 Å². The third kappa shape index (κ3) is 4.67. The molecule has 7 heteroatoms. The molecule has 0 radical (unpaired) electrons. The number of amides is 1. The van der Waals surface area contributed by atoms with Crippen molar-refractivity contribution in [1.82, 2.24) is 5.06 Å². The van der Waals surface area contributed by atoms with E-state index < -0.39 is 36.1 Å². The van der Waals surface area contributed by atoms with Crippen LogP contribution >= 0.6 is 0 Å². The van der Waals surface area contributed by atoms with Gasteiger partial charge in [0.15, 0.2) is 0 Å². The quantitative estimate of drug-likeness (QED) is 0.444. The van der Waals surface area contributed by atoms with E-state index in [0.717, 1.165) is 5.06 Å². The van der Waals surface area contributed by atoms with Crippen LogP contribution in [0.3, 0.4) is 0 Å². The van der Waals surface area contributed by atoms with Crippen LogP contribution in [0.15, 0.2) is 42.5 Å². The van der Waals surface area contributed by atoms with Crippen molar-refractivity contribution in [3.05, 3.63) is 48.0 Å². The fraction of sp³-hybridized carbons (Fsp3) is 0.389. The molecule has 0 saturated carbocycles. The molecule has 0 aromatic heterocycles.